The van der Waals surface area contributed by atoms with Gasteiger partial charge in [-0.05, 0) is 29.8 Å². The van der Waals surface area contributed by atoms with Crippen molar-refractivity contribution in [3.63, 3.8) is 0 Å². The highest BCUT2D eigenvalue weighted by Gasteiger charge is 2.07. The van der Waals surface area contributed by atoms with Gasteiger partial charge in [0.05, 0.1) is 13.3 Å². The largest absolute Gasteiger partial charge is 0.493 e. The minimum Gasteiger partial charge on any atom is -0.493 e. The molecule has 128 valence electrons. The van der Waals surface area contributed by atoms with E-state index in [1.807, 2.05) is 47.8 Å². The van der Waals surface area contributed by atoms with Crippen molar-refractivity contribution in [3.8, 4) is 11.5 Å². The van der Waals surface area contributed by atoms with Crippen molar-refractivity contribution in [2.45, 2.75) is 6.61 Å². The summed E-state index contributed by atoms with van der Waals surface area (Å²) in [6, 6.07) is 13.2. The van der Waals surface area contributed by atoms with E-state index in [0.717, 1.165) is 16.3 Å². The van der Waals surface area contributed by atoms with Gasteiger partial charge in [-0.1, -0.05) is 29.8 Å². The Kier molecular flexibility index (Phi) is 5.87. The van der Waals surface area contributed by atoms with E-state index in [4.69, 9.17) is 21.1 Å². The Hall–Kier alpha value is -2.57. The summed E-state index contributed by atoms with van der Waals surface area (Å²) in [4.78, 5) is 4.09. The number of nitrogens with one attached hydrogen (secondary N) is 1. The highest BCUT2D eigenvalue weighted by atomic mass is 35.5. The van der Waals surface area contributed by atoms with Gasteiger partial charge >= 0.3 is 0 Å². The fraction of sp³-hybridized carbons (Fsp3) is 0.111. The van der Waals surface area contributed by atoms with Crippen LogP contribution in [-0.4, -0.2) is 18.3 Å². The lowest BCUT2D eigenvalue weighted by molar-refractivity contribution is 0.284. The molecule has 25 heavy (non-hydrogen) atoms. The van der Waals surface area contributed by atoms with E-state index in [2.05, 4.69) is 15.5 Å². The summed E-state index contributed by atoms with van der Waals surface area (Å²) in [7, 11) is 1.60. The summed E-state index contributed by atoms with van der Waals surface area (Å²) < 4.78 is 11.2. The van der Waals surface area contributed by atoms with Crippen LogP contribution in [0.5, 0.6) is 11.5 Å². The van der Waals surface area contributed by atoms with Crippen molar-refractivity contribution in [3.05, 3.63) is 70.2 Å². The first kappa shape index (κ1) is 17.3. The minimum atomic E-state index is 0.370. The molecule has 3 aromatic rings. The van der Waals surface area contributed by atoms with Gasteiger partial charge in [0.25, 0.3) is 0 Å². The fourth-order valence-electron chi connectivity index (χ4n) is 2.10. The maximum atomic E-state index is 6.15. The normalized spacial score (nSPS) is 10.8. The molecule has 0 amide bonds. The molecule has 5 nitrogen and oxygen atoms in total. The number of thiazole rings is 1. The second-order valence-electron chi connectivity index (χ2n) is 5.00. The predicted molar refractivity (Wildman–Crippen MR) is 102 cm³/mol. The SMILES string of the molecule is COc1cc(/C=N\Nc2nccs2)ccc1OCc1ccccc1Cl. The monoisotopic (exact) mass is 373 g/mol. The molecule has 1 heterocycles. The van der Waals surface area contributed by atoms with E-state index in [0.29, 0.717) is 23.1 Å². The average Bonchev–Trinajstić information content (AvgIpc) is 3.15. The third-order valence-electron chi connectivity index (χ3n) is 3.33. The average molecular weight is 374 g/mol. The van der Waals surface area contributed by atoms with Crippen molar-refractivity contribution in [1.29, 1.82) is 0 Å². The number of rotatable bonds is 7. The molecule has 3 rings (SSSR count). The predicted octanol–water partition coefficient (Wildman–Crippen LogP) is 4.83. The van der Waals surface area contributed by atoms with Crippen molar-refractivity contribution in [2.24, 2.45) is 5.10 Å². The van der Waals surface area contributed by atoms with Crippen LogP contribution in [0.15, 0.2) is 59.1 Å². The fourth-order valence-corrected chi connectivity index (χ4v) is 2.76. The molecule has 0 fully saturated rings. The van der Waals surface area contributed by atoms with Crippen LogP contribution < -0.4 is 14.9 Å². The van der Waals surface area contributed by atoms with Crippen LogP contribution in [0.25, 0.3) is 0 Å². The molecule has 0 spiro atoms. The number of ether oxygens (including phenoxy) is 2. The zero-order chi connectivity index (χ0) is 17.5. The second-order valence-corrected chi connectivity index (χ2v) is 6.30. The van der Waals surface area contributed by atoms with Crippen molar-refractivity contribution >= 4 is 34.3 Å². The van der Waals surface area contributed by atoms with Crippen molar-refractivity contribution in [2.75, 3.05) is 12.5 Å². The Morgan fingerprint density at radius 1 is 1.24 bits per heavy atom. The quantitative estimate of drug-likeness (QED) is 0.476. The highest BCUT2D eigenvalue weighted by Crippen LogP contribution is 2.29. The van der Waals surface area contributed by atoms with Crippen molar-refractivity contribution < 1.29 is 9.47 Å². The zero-order valence-corrected chi connectivity index (χ0v) is 15.1. The van der Waals surface area contributed by atoms with E-state index >= 15 is 0 Å². The van der Waals surface area contributed by atoms with Gasteiger partial charge in [0.1, 0.15) is 6.61 Å². The number of aromatic nitrogens is 1. The van der Waals surface area contributed by atoms with Gasteiger partial charge in [-0.25, -0.2) is 4.98 Å². The standard InChI is InChI=1S/C18H16ClN3O2S/c1-23-17-10-13(11-21-22-18-20-8-9-25-18)6-7-16(17)24-12-14-4-2-3-5-15(14)19/h2-11H,12H2,1H3,(H,20,22)/b21-11-. The maximum absolute atomic E-state index is 6.15. The number of hydrazone groups is 1. The number of halogens is 1. The summed E-state index contributed by atoms with van der Waals surface area (Å²) >= 11 is 7.63. The molecular formula is C18H16ClN3O2S. The molecule has 0 atom stereocenters. The molecule has 0 bridgehead atoms. The topological polar surface area (TPSA) is 55.7 Å². The van der Waals surface area contributed by atoms with E-state index in [-0.39, 0.29) is 0 Å². The lowest BCUT2D eigenvalue weighted by atomic mass is 10.2. The summed E-state index contributed by atoms with van der Waals surface area (Å²) in [5, 5.41) is 7.45. The summed E-state index contributed by atoms with van der Waals surface area (Å²) in [6.07, 6.45) is 3.42. The van der Waals surface area contributed by atoms with Crippen LogP contribution in [0.3, 0.4) is 0 Å². The van der Waals surface area contributed by atoms with Gasteiger partial charge in [0.2, 0.25) is 5.13 Å². The minimum absolute atomic E-state index is 0.370. The van der Waals surface area contributed by atoms with Gasteiger partial charge in [0.15, 0.2) is 11.5 Å². The lowest BCUT2D eigenvalue weighted by Gasteiger charge is -2.12. The molecule has 1 aromatic heterocycles. The number of nitrogens with zero attached hydrogens (tertiary/aromatic N) is 2. The van der Waals surface area contributed by atoms with Crippen LogP contribution >= 0.6 is 22.9 Å². The zero-order valence-electron chi connectivity index (χ0n) is 13.5. The first-order valence-electron chi connectivity index (χ1n) is 7.49. The Morgan fingerprint density at radius 2 is 2.12 bits per heavy atom. The Bertz CT molecular complexity index is 853. The van der Waals surface area contributed by atoms with Gasteiger partial charge in [-0.2, -0.15) is 5.10 Å². The van der Waals surface area contributed by atoms with Crippen LogP contribution in [0.1, 0.15) is 11.1 Å². The molecule has 0 saturated heterocycles. The van der Waals surface area contributed by atoms with E-state index in [1.165, 1.54) is 11.3 Å². The molecule has 0 aliphatic rings. The van der Waals surface area contributed by atoms with Gasteiger partial charge in [-0.15, -0.1) is 11.3 Å². The summed E-state index contributed by atoms with van der Waals surface area (Å²) in [6.45, 7) is 0.370. The lowest BCUT2D eigenvalue weighted by Crippen LogP contribution is -1.99. The Morgan fingerprint density at radius 3 is 2.88 bits per heavy atom. The molecule has 1 N–H and O–H groups in total. The molecule has 2 aromatic carbocycles. The van der Waals surface area contributed by atoms with Crippen LogP contribution in [0, 0.1) is 0 Å². The van der Waals surface area contributed by atoms with Crippen LogP contribution in [0.2, 0.25) is 5.02 Å². The number of hydrogen-bond acceptors (Lipinski definition) is 6. The Labute approximate surface area is 154 Å². The molecular weight excluding hydrogens is 358 g/mol. The summed E-state index contributed by atoms with van der Waals surface area (Å²) in [5.74, 6) is 1.28. The van der Waals surface area contributed by atoms with E-state index in [9.17, 15) is 0 Å². The highest BCUT2D eigenvalue weighted by molar-refractivity contribution is 7.13. The number of hydrogen-bond donors (Lipinski definition) is 1. The maximum Gasteiger partial charge on any atom is 0.203 e. The van der Waals surface area contributed by atoms with Crippen LogP contribution in [-0.2, 0) is 6.61 Å². The Balaban J connectivity index is 1.67. The third kappa shape index (κ3) is 4.71. The summed E-state index contributed by atoms with van der Waals surface area (Å²) in [5.41, 5.74) is 4.67. The number of benzene rings is 2. The van der Waals surface area contributed by atoms with Gasteiger partial charge in [0, 0.05) is 22.2 Å². The molecule has 0 aliphatic carbocycles. The molecule has 0 radical (unpaired) electrons. The third-order valence-corrected chi connectivity index (χ3v) is 4.38. The molecule has 0 unspecified atom stereocenters. The van der Waals surface area contributed by atoms with Crippen LogP contribution in [0.4, 0.5) is 5.13 Å². The second kappa shape index (κ2) is 8.50. The smallest absolute Gasteiger partial charge is 0.203 e. The van der Waals surface area contributed by atoms with Gasteiger partial charge in [-0.3, -0.25) is 5.43 Å². The van der Waals surface area contributed by atoms with E-state index in [1.54, 1.807) is 19.5 Å². The first-order valence-corrected chi connectivity index (χ1v) is 8.75. The van der Waals surface area contributed by atoms with Gasteiger partial charge < -0.3 is 9.47 Å². The first-order chi connectivity index (χ1) is 12.3. The molecule has 0 saturated carbocycles. The number of anilines is 1. The van der Waals surface area contributed by atoms with Crippen molar-refractivity contribution in [1.82, 2.24) is 4.98 Å². The van der Waals surface area contributed by atoms with E-state index < -0.39 is 0 Å². The molecule has 7 heteroatoms. The number of methoxy groups -OCH3 is 1. The molecule has 0 aliphatic heterocycles.